The average Bonchev–Trinajstić information content (AvgIpc) is 2.87. The Morgan fingerprint density at radius 1 is 1.11 bits per heavy atom. The largest absolute Gasteiger partial charge is 0.345 e. The number of pyridine rings is 3. The third-order valence-electron chi connectivity index (χ3n) is 6.01. The number of fused-ring (bicyclic) bond motifs is 2. The van der Waals surface area contributed by atoms with Crippen LogP contribution in [0.2, 0.25) is 0 Å². The first-order valence-corrected chi connectivity index (χ1v) is 11.3. The first-order chi connectivity index (χ1) is 16.9. The van der Waals surface area contributed by atoms with Crippen molar-refractivity contribution in [3.63, 3.8) is 0 Å². The molecule has 0 radical (unpaired) electrons. The molecule has 0 unspecified atom stereocenters. The van der Waals surface area contributed by atoms with Crippen molar-refractivity contribution in [2.45, 2.75) is 26.4 Å². The van der Waals surface area contributed by atoms with E-state index in [4.69, 9.17) is 10.4 Å². The molecule has 0 saturated heterocycles. The predicted octanol–water partition coefficient (Wildman–Crippen LogP) is 3.37. The first kappa shape index (κ1) is 22.2. The molecule has 5 rings (SSSR count). The van der Waals surface area contributed by atoms with Gasteiger partial charge in [-0.15, -0.1) is 0 Å². The summed E-state index contributed by atoms with van der Waals surface area (Å²) in [6, 6.07) is 18.1. The number of hydrogen-bond donors (Lipinski definition) is 2. The summed E-state index contributed by atoms with van der Waals surface area (Å²) in [4.78, 5) is 35.7. The quantitative estimate of drug-likeness (QED) is 0.389. The number of carbonyl (C=O) groups is 1. The summed E-state index contributed by atoms with van der Waals surface area (Å²) in [5.41, 5.74) is 3.29. The van der Waals surface area contributed by atoms with Gasteiger partial charge in [0.05, 0.1) is 23.5 Å². The fourth-order valence-electron chi connectivity index (χ4n) is 4.14. The van der Waals surface area contributed by atoms with E-state index < -0.39 is 5.91 Å². The normalized spacial score (nSPS) is 12.1. The summed E-state index contributed by atoms with van der Waals surface area (Å²) >= 11 is 0. The average molecular weight is 465 g/mol. The molecule has 0 aliphatic carbocycles. The summed E-state index contributed by atoms with van der Waals surface area (Å²) in [7, 11) is 0. The van der Waals surface area contributed by atoms with Crippen LogP contribution in [0.1, 0.15) is 40.0 Å². The second-order valence-corrected chi connectivity index (χ2v) is 8.55. The van der Waals surface area contributed by atoms with Crippen molar-refractivity contribution < 1.29 is 4.79 Å². The van der Waals surface area contributed by atoms with Gasteiger partial charge in [-0.05, 0) is 48.7 Å². The zero-order valence-corrected chi connectivity index (χ0v) is 19.4. The van der Waals surface area contributed by atoms with Gasteiger partial charge in [0.15, 0.2) is 0 Å². The molecular formula is C27H24N6O2. The van der Waals surface area contributed by atoms with E-state index >= 15 is 0 Å². The minimum Gasteiger partial charge on any atom is -0.345 e. The monoisotopic (exact) mass is 464 g/mol. The molecule has 1 aromatic carbocycles. The maximum atomic E-state index is 13.5. The molecule has 1 atom stereocenters. The Hall–Kier alpha value is -4.59. The SMILES string of the molecule is Cc1ccc2nc3c(cc(C(=O)N[C@@H](C)c4ccccc4)c(=N)n3Cc3cccnc3)c(=O)n2c1. The topological polar surface area (TPSA) is 105 Å². The Morgan fingerprint density at radius 3 is 2.66 bits per heavy atom. The van der Waals surface area contributed by atoms with Gasteiger partial charge in [0.2, 0.25) is 0 Å². The van der Waals surface area contributed by atoms with Gasteiger partial charge < -0.3 is 9.88 Å². The van der Waals surface area contributed by atoms with E-state index in [9.17, 15) is 9.59 Å². The van der Waals surface area contributed by atoms with Crippen molar-refractivity contribution >= 4 is 22.6 Å². The highest BCUT2D eigenvalue weighted by Gasteiger charge is 2.19. The number of nitrogens with one attached hydrogen (secondary N) is 2. The number of nitrogens with zero attached hydrogens (tertiary/aromatic N) is 4. The molecular weight excluding hydrogens is 440 g/mol. The lowest BCUT2D eigenvalue weighted by atomic mass is 10.1. The Bertz CT molecular complexity index is 1670. The van der Waals surface area contributed by atoms with Crippen LogP contribution in [-0.2, 0) is 6.54 Å². The number of benzene rings is 1. The molecule has 5 aromatic rings. The van der Waals surface area contributed by atoms with Gasteiger partial charge in [0.25, 0.3) is 11.5 Å². The fraction of sp³-hybridized carbons (Fsp3) is 0.148. The summed E-state index contributed by atoms with van der Waals surface area (Å²) in [5, 5.41) is 12.1. The number of hydrogen-bond acceptors (Lipinski definition) is 5. The number of aromatic nitrogens is 4. The molecule has 4 heterocycles. The molecule has 2 N–H and O–H groups in total. The predicted molar refractivity (Wildman–Crippen MR) is 133 cm³/mol. The fourth-order valence-corrected chi connectivity index (χ4v) is 4.14. The van der Waals surface area contributed by atoms with Crippen molar-refractivity contribution in [2.75, 3.05) is 0 Å². The van der Waals surface area contributed by atoms with Crippen molar-refractivity contribution in [1.29, 1.82) is 5.41 Å². The smallest absolute Gasteiger partial charge is 0.267 e. The number of amides is 1. The summed E-state index contributed by atoms with van der Waals surface area (Å²) in [6.07, 6.45) is 5.09. The zero-order valence-electron chi connectivity index (χ0n) is 19.4. The molecule has 174 valence electrons. The number of carbonyl (C=O) groups excluding carboxylic acids is 1. The van der Waals surface area contributed by atoms with Crippen LogP contribution >= 0.6 is 0 Å². The Balaban J connectivity index is 1.70. The van der Waals surface area contributed by atoms with E-state index in [-0.39, 0.29) is 34.6 Å². The van der Waals surface area contributed by atoms with E-state index in [0.717, 1.165) is 16.7 Å². The van der Waals surface area contributed by atoms with Gasteiger partial charge in [-0.2, -0.15) is 0 Å². The van der Waals surface area contributed by atoms with Gasteiger partial charge >= 0.3 is 0 Å². The first-order valence-electron chi connectivity index (χ1n) is 11.3. The van der Waals surface area contributed by atoms with Crippen molar-refractivity contribution in [3.05, 3.63) is 117 Å². The van der Waals surface area contributed by atoms with Crippen LogP contribution in [-0.4, -0.2) is 24.8 Å². The van der Waals surface area contributed by atoms with Gasteiger partial charge in [-0.3, -0.25) is 24.4 Å². The highest BCUT2D eigenvalue weighted by molar-refractivity contribution is 5.97. The van der Waals surface area contributed by atoms with E-state index in [1.807, 2.05) is 56.3 Å². The van der Waals surface area contributed by atoms with Crippen LogP contribution in [0.15, 0.2) is 84.0 Å². The summed E-state index contributed by atoms with van der Waals surface area (Å²) < 4.78 is 3.07. The lowest BCUT2D eigenvalue weighted by Gasteiger charge is -2.17. The second-order valence-electron chi connectivity index (χ2n) is 8.55. The van der Waals surface area contributed by atoms with Gasteiger partial charge in [0, 0.05) is 18.6 Å². The standard InChI is InChI=1S/C27H24N6O2/c1-17-10-11-23-31-25-22(27(35)32(23)15-17)13-21(24(28)33(25)16-19-7-6-12-29-14-19)26(34)30-18(2)20-8-4-3-5-9-20/h3-15,18,28H,16H2,1-2H3,(H,30,34)/t18-/m0/s1. The Labute approximate surface area is 201 Å². The maximum Gasteiger partial charge on any atom is 0.267 e. The van der Waals surface area contributed by atoms with Crippen molar-refractivity contribution in [1.82, 2.24) is 24.3 Å². The van der Waals surface area contributed by atoms with Gasteiger partial charge in [-0.25, -0.2) is 4.98 Å². The third kappa shape index (κ3) is 4.21. The van der Waals surface area contributed by atoms with Crippen LogP contribution in [0.5, 0.6) is 0 Å². The molecule has 0 spiro atoms. The molecule has 0 fully saturated rings. The van der Waals surface area contributed by atoms with E-state index in [0.29, 0.717) is 11.3 Å². The molecule has 8 nitrogen and oxygen atoms in total. The van der Waals surface area contributed by atoms with Gasteiger partial charge in [-0.1, -0.05) is 42.5 Å². The molecule has 0 bridgehead atoms. The highest BCUT2D eigenvalue weighted by Crippen LogP contribution is 2.15. The molecule has 8 heteroatoms. The van der Waals surface area contributed by atoms with Crippen LogP contribution in [0, 0.1) is 12.3 Å². The molecule has 4 aromatic heterocycles. The van der Waals surface area contributed by atoms with Crippen molar-refractivity contribution in [2.24, 2.45) is 0 Å². The lowest BCUT2D eigenvalue weighted by molar-refractivity contribution is 0.0937. The summed E-state index contributed by atoms with van der Waals surface area (Å²) in [5.74, 6) is -0.429. The highest BCUT2D eigenvalue weighted by atomic mass is 16.2. The Morgan fingerprint density at radius 2 is 1.91 bits per heavy atom. The minimum atomic E-state index is -0.429. The maximum absolute atomic E-state index is 13.5. The Kier molecular flexibility index (Phi) is 5.70. The third-order valence-corrected chi connectivity index (χ3v) is 6.01. The minimum absolute atomic E-state index is 0.0255. The number of aryl methyl sites for hydroxylation is 1. The second kappa shape index (κ2) is 8.98. The molecule has 0 aliphatic rings. The van der Waals surface area contributed by atoms with E-state index in [1.165, 1.54) is 10.5 Å². The molecule has 0 saturated carbocycles. The van der Waals surface area contributed by atoms with Crippen molar-refractivity contribution in [3.8, 4) is 0 Å². The number of rotatable bonds is 5. The van der Waals surface area contributed by atoms with Crippen LogP contribution in [0.25, 0.3) is 16.7 Å². The van der Waals surface area contributed by atoms with Gasteiger partial charge in [0.1, 0.15) is 16.8 Å². The lowest BCUT2D eigenvalue weighted by Crippen LogP contribution is -2.36. The molecule has 0 aliphatic heterocycles. The summed E-state index contributed by atoms with van der Waals surface area (Å²) in [6.45, 7) is 4.02. The van der Waals surface area contributed by atoms with Crippen LogP contribution < -0.4 is 16.4 Å². The molecule has 1 amide bonds. The zero-order chi connectivity index (χ0) is 24.5. The van der Waals surface area contributed by atoms with E-state index in [2.05, 4.69) is 10.3 Å². The van der Waals surface area contributed by atoms with Crippen LogP contribution in [0.4, 0.5) is 0 Å². The molecule has 35 heavy (non-hydrogen) atoms. The van der Waals surface area contributed by atoms with Crippen LogP contribution in [0.3, 0.4) is 0 Å². The van der Waals surface area contributed by atoms with E-state index in [1.54, 1.807) is 35.3 Å².